The summed E-state index contributed by atoms with van der Waals surface area (Å²) in [6.45, 7) is -0.244. The summed E-state index contributed by atoms with van der Waals surface area (Å²) in [4.78, 5) is 43.0. The van der Waals surface area contributed by atoms with Crippen molar-refractivity contribution in [1.29, 1.82) is 0 Å². The molecule has 12 heteroatoms. The highest BCUT2D eigenvalue weighted by atomic mass is 19.4. The topological polar surface area (TPSA) is 105 Å². The van der Waals surface area contributed by atoms with Gasteiger partial charge < -0.3 is 9.47 Å². The van der Waals surface area contributed by atoms with Gasteiger partial charge in [0.05, 0.1) is 0 Å². The van der Waals surface area contributed by atoms with Crippen LogP contribution in [0.25, 0.3) is 5.82 Å². The summed E-state index contributed by atoms with van der Waals surface area (Å²) >= 11 is 0. The summed E-state index contributed by atoms with van der Waals surface area (Å²) in [7, 11) is 0.895. The Morgan fingerprint density at radius 1 is 1.17 bits per heavy atom. The highest BCUT2D eigenvalue weighted by molar-refractivity contribution is 5.52. The van der Waals surface area contributed by atoms with E-state index in [-0.39, 0.29) is 29.9 Å². The largest absolute Gasteiger partial charge is 0.480 e. The van der Waals surface area contributed by atoms with Crippen molar-refractivity contribution in [3.05, 3.63) is 69.1 Å². The minimum atomic E-state index is -4.87. The van der Waals surface area contributed by atoms with E-state index in [4.69, 9.17) is 9.47 Å². The molecule has 9 nitrogen and oxygen atoms in total. The number of nitrogens with zero attached hydrogens (tertiary/aromatic N) is 4. The van der Waals surface area contributed by atoms with Crippen LogP contribution in [0.2, 0.25) is 0 Å². The van der Waals surface area contributed by atoms with Crippen molar-refractivity contribution in [3.63, 3.8) is 0 Å². The molecule has 0 bridgehead atoms. The van der Waals surface area contributed by atoms with Crippen molar-refractivity contribution >= 4 is 6.29 Å². The van der Waals surface area contributed by atoms with Crippen LogP contribution in [0.15, 0.2) is 52.2 Å². The Morgan fingerprint density at radius 3 is 2.63 bits per heavy atom. The van der Waals surface area contributed by atoms with E-state index in [9.17, 15) is 27.6 Å². The maximum absolute atomic E-state index is 13.0. The number of ether oxygens (including phenoxy) is 2. The average molecular weight is 422 g/mol. The molecule has 0 aromatic carbocycles. The molecule has 0 spiro atoms. The molecule has 156 valence electrons. The summed E-state index contributed by atoms with van der Waals surface area (Å²) in [6, 6.07) is 7.36. The summed E-state index contributed by atoms with van der Waals surface area (Å²) in [5, 5.41) is 0. The van der Waals surface area contributed by atoms with Crippen LogP contribution < -0.4 is 20.7 Å². The van der Waals surface area contributed by atoms with Gasteiger partial charge in [0.25, 0.3) is 11.4 Å². The first-order valence-electron chi connectivity index (χ1n) is 8.29. The van der Waals surface area contributed by atoms with Gasteiger partial charge in [0.15, 0.2) is 12.0 Å². The number of hydrogen-bond acceptors (Lipinski definition) is 7. The molecule has 0 amide bonds. The van der Waals surface area contributed by atoms with Crippen LogP contribution >= 0.6 is 0 Å². The monoisotopic (exact) mass is 422 g/mol. The Labute approximate surface area is 166 Å². The number of hydrogen-bond donors (Lipinski definition) is 0. The number of aldehydes is 1. The van der Waals surface area contributed by atoms with Gasteiger partial charge in [0, 0.05) is 25.4 Å². The lowest BCUT2D eigenvalue weighted by atomic mass is 10.3. The molecule has 0 aliphatic heterocycles. The zero-order chi connectivity index (χ0) is 21.9. The summed E-state index contributed by atoms with van der Waals surface area (Å²) in [5.74, 6) is -0.273. The van der Waals surface area contributed by atoms with E-state index in [0.717, 1.165) is 7.05 Å². The molecule has 30 heavy (non-hydrogen) atoms. The zero-order valence-electron chi connectivity index (χ0n) is 15.3. The van der Waals surface area contributed by atoms with Crippen LogP contribution in [0.3, 0.4) is 0 Å². The predicted molar refractivity (Wildman–Crippen MR) is 95.9 cm³/mol. The van der Waals surface area contributed by atoms with Crippen molar-refractivity contribution in [2.45, 2.75) is 6.18 Å². The fraction of sp³-hybridized carbons (Fsp3) is 0.167. The van der Waals surface area contributed by atoms with Crippen molar-refractivity contribution in [2.75, 3.05) is 6.61 Å². The van der Waals surface area contributed by atoms with Crippen molar-refractivity contribution < 1.29 is 27.4 Å². The second-order valence-electron chi connectivity index (χ2n) is 5.76. The second kappa shape index (κ2) is 8.19. The third-order valence-corrected chi connectivity index (χ3v) is 3.79. The molecule has 0 fully saturated rings. The highest BCUT2D eigenvalue weighted by Gasteiger charge is 2.35. The number of rotatable bonds is 6. The minimum absolute atomic E-state index is 0.0448. The maximum Gasteiger partial charge on any atom is 0.431 e. The molecule has 3 aromatic heterocycles. The first-order valence-corrected chi connectivity index (χ1v) is 8.29. The SMILES string of the molecule is Cn1c(C(F)(F)F)cc(=O)n(-c2cccc(Oc3ncccc3OCC=O)n2)c1=O. The maximum atomic E-state index is 13.0. The fourth-order valence-corrected chi connectivity index (χ4v) is 2.48. The molecule has 0 saturated carbocycles. The normalized spacial score (nSPS) is 11.2. The summed E-state index contributed by atoms with van der Waals surface area (Å²) in [5.41, 5.74) is -3.82. The predicted octanol–water partition coefficient (Wildman–Crippen LogP) is 1.71. The highest BCUT2D eigenvalue weighted by Crippen LogP contribution is 2.28. The number of aromatic nitrogens is 4. The van der Waals surface area contributed by atoms with Gasteiger partial charge in [-0.2, -0.15) is 18.2 Å². The van der Waals surface area contributed by atoms with Crippen molar-refractivity contribution in [2.24, 2.45) is 7.05 Å². The van der Waals surface area contributed by atoms with Gasteiger partial charge >= 0.3 is 11.9 Å². The molecule has 0 N–H and O–H groups in total. The standard InChI is InChI=1S/C18H13F3N4O5/c1-24-12(18(19,20)21)10-15(27)25(17(24)28)13-5-2-6-14(23-13)30-16-11(29-9-8-26)4-3-7-22-16/h2-8,10H,9H2,1H3. The Hall–Kier alpha value is -3.96. The summed E-state index contributed by atoms with van der Waals surface area (Å²) < 4.78 is 50.4. The first-order chi connectivity index (χ1) is 14.2. The molecule has 0 radical (unpaired) electrons. The Morgan fingerprint density at radius 2 is 1.93 bits per heavy atom. The van der Waals surface area contributed by atoms with E-state index in [1.807, 2.05) is 0 Å². The molecular weight excluding hydrogens is 409 g/mol. The van der Waals surface area contributed by atoms with Crippen LogP contribution in [0.1, 0.15) is 5.69 Å². The number of halogens is 3. The Balaban J connectivity index is 2.02. The first kappa shape index (κ1) is 20.8. The lowest BCUT2D eigenvalue weighted by Gasteiger charge is -2.14. The Bertz CT molecular complexity index is 1200. The molecule has 3 heterocycles. The van der Waals surface area contributed by atoms with Crippen LogP contribution in [0.4, 0.5) is 13.2 Å². The zero-order valence-corrected chi connectivity index (χ0v) is 15.3. The van der Waals surface area contributed by atoms with Crippen LogP contribution in [0, 0.1) is 0 Å². The van der Waals surface area contributed by atoms with Gasteiger partial charge in [-0.25, -0.2) is 14.3 Å². The average Bonchev–Trinajstić information content (AvgIpc) is 2.70. The van der Waals surface area contributed by atoms with E-state index < -0.39 is 23.1 Å². The second-order valence-corrected chi connectivity index (χ2v) is 5.76. The third kappa shape index (κ3) is 4.21. The molecule has 3 aromatic rings. The molecule has 3 rings (SSSR count). The van der Waals surface area contributed by atoms with Gasteiger partial charge in [-0.1, -0.05) is 6.07 Å². The number of carbonyl (C=O) groups is 1. The molecule has 0 aliphatic rings. The van der Waals surface area contributed by atoms with Crippen molar-refractivity contribution in [1.82, 2.24) is 19.1 Å². The van der Waals surface area contributed by atoms with Gasteiger partial charge in [-0.15, -0.1) is 0 Å². The van der Waals surface area contributed by atoms with Crippen LogP contribution in [-0.4, -0.2) is 32.0 Å². The molecule has 0 atom stereocenters. The van der Waals surface area contributed by atoms with Gasteiger partial charge in [0.2, 0.25) is 5.88 Å². The van der Waals surface area contributed by atoms with E-state index >= 15 is 0 Å². The van der Waals surface area contributed by atoms with E-state index in [1.165, 1.54) is 30.5 Å². The van der Waals surface area contributed by atoms with Crippen molar-refractivity contribution in [3.8, 4) is 23.3 Å². The number of alkyl halides is 3. The van der Waals surface area contributed by atoms with Gasteiger partial charge in [0.1, 0.15) is 18.1 Å². The van der Waals surface area contributed by atoms with Crippen LogP contribution in [-0.2, 0) is 18.0 Å². The van der Waals surface area contributed by atoms with Gasteiger partial charge in [-0.05, 0) is 18.2 Å². The number of carbonyl (C=O) groups excluding carboxylic acids is 1. The van der Waals surface area contributed by atoms with E-state index in [2.05, 4.69) is 9.97 Å². The molecular formula is C18H13F3N4O5. The molecule has 0 aliphatic carbocycles. The quantitative estimate of drug-likeness (QED) is 0.557. The lowest BCUT2D eigenvalue weighted by Crippen LogP contribution is -2.41. The summed E-state index contributed by atoms with van der Waals surface area (Å²) in [6.07, 6.45) is -2.95. The molecule has 0 unspecified atom stereocenters. The minimum Gasteiger partial charge on any atom is -0.480 e. The number of pyridine rings is 2. The smallest absolute Gasteiger partial charge is 0.431 e. The van der Waals surface area contributed by atoms with E-state index in [1.54, 1.807) is 6.07 Å². The van der Waals surface area contributed by atoms with Gasteiger partial charge in [-0.3, -0.25) is 14.2 Å². The molecule has 0 saturated heterocycles. The third-order valence-electron chi connectivity index (χ3n) is 3.79. The van der Waals surface area contributed by atoms with Crippen LogP contribution in [0.5, 0.6) is 17.5 Å². The lowest BCUT2D eigenvalue weighted by molar-refractivity contribution is -0.144. The van der Waals surface area contributed by atoms with E-state index in [0.29, 0.717) is 21.5 Å². The fourth-order valence-electron chi connectivity index (χ4n) is 2.48. The Kier molecular flexibility index (Phi) is 5.67.